The van der Waals surface area contributed by atoms with E-state index in [4.69, 9.17) is 0 Å². The number of aromatic amines is 1. The second-order valence-corrected chi connectivity index (χ2v) is 3.85. The van der Waals surface area contributed by atoms with Crippen LogP contribution in [0.2, 0.25) is 0 Å². The molecule has 0 unspecified atom stereocenters. The lowest BCUT2D eigenvalue weighted by Crippen LogP contribution is -2.11. The van der Waals surface area contributed by atoms with E-state index in [2.05, 4.69) is 20.9 Å². The van der Waals surface area contributed by atoms with Gasteiger partial charge in [0, 0.05) is 17.1 Å². The number of aryl methyl sites for hydroxylation is 1. The number of hydrogen-bond donors (Lipinski definition) is 1. The van der Waals surface area contributed by atoms with Crippen LogP contribution < -0.4 is 5.69 Å². The van der Waals surface area contributed by atoms with Gasteiger partial charge in [0.2, 0.25) is 0 Å². The third kappa shape index (κ3) is 1.21. The predicted octanol–water partition coefficient (Wildman–Crippen LogP) is 1.44. The highest BCUT2D eigenvalue weighted by molar-refractivity contribution is 9.10. The molecule has 14 heavy (non-hydrogen) atoms. The number of nitrogens with zero attached hydrogens (tertiary/aromatic N) is 1. The van der Waals surface area contributed by atoms with Gasteiger partial charge in [-0.2, -0.15) is 0 Å². The fourth-order valence-corrected chi connectivity index (χ4v) is 1.78. The third-order valence-corrected chi connectivity index (χ3v) is 2.84. The lowest BCUT2D eigenvalue weighted by Gasteiger charge is -1.97. The minimum Gasteiger partial charge on any atom is -0.306 e. The first kappa shape index (κ1) is 9.21. The van der Waals surface area contributed by atoms with E-state index >= 15 is 0 Å². The Bertz CT molecular complexity index is 568. The van der Waals surface area contributed by atoms with Crippen LogP contribution in [0.1, 0.15) is 10.4 Å². The molecule has 1 heterocycles. The molecular weight excluding hydrogens is 248 g/mol. The molecule has 0 amide bonds. The molecule has 0 aliphatic rings. The average molecular weight is 255 g/mol. The van der Waals surface area contributed by atoms with Gasteiger partial charge in [0.1, 0.15) is 0 Å². The summed E-state index contributed by atoms with van der Waals surface area (Å²) < 4.78 is 2.18. The summed E-state index contributed by atoms with van der Waals surface area (Å²) >= 11 is 3.26. The molecule has 4 nitrogen and oxygen atoms in total. The smallest absolute Gasteiger partial charge is 0.306 e. The molecule has 0 saturated carbocycles. The minimum absolute atomic E-state index is 0.185. The monoisotopic (exact) mass is 254 g/mol. The lowest BCUT2D eigenvalue weighted by molar-refractivity contribution is 0.112. The van der Waals surface area contributed by atoms with Crippen molar-refractivity contribution in [2.75, 3.05) is 0 Å². The van der Waals surface area contributed by atoms with Crippen molar-refractivity contribution in [1.29, 1.82) is 0 Å². The SMILES string of the molecule is Cn1c(=O)[nH]c2cc(C=O)c(Br)cc21. The van der Waals surface area contributed by atoms with Gasteiger partial charge < -0.3 is 4.98 Å². The second kappa shape index (κ2) is 3.09. The quantitative estimate of drug-likeness (QED) is 0.784. The van der Waals surface area contributed by atoms with Crippen LogP contribution in [0.25, 0.3) is 11.0 Å². The van der Waals surface area contributed by atoms with Crippen molar-refractivity contribution >= 4 is 33.2 Å². The Labute approximate surface area is 87.7 Å². The molecule has 2 aromatic rings. The molecule has 2 rings (SSSR count). The number of imidazole rings is 1. The molecule has 5 heteroatoms. The first-order chi connectivity index (χ1) is 6.63. The first-order valence-electron chi connectivity index (χ1n) is 3.97. The number of aromatic nitrogens is 2. The van der Waals surface area contributed by atoms with Crippen molar-refractivity contribution < 1.29 is 4.79 Å². The van der Waals surface area contributed by atoms with Crippen molar-refractivity contribution in [3.63, 3.8) is 0 Å². The van der Waals surface area contributed by atoms with Gasteiger partial charge in [-0.1, -0.05) is 0 Å². The topological polar surface area (TPSA) is 54.9 Å². The van der Waals surface area contributed by atoms with Crippen LogP contribution >= 0.6 is 15.9 Å². The van der Waals surface area contributed by atoms with Crippen molar-refractivity contribution in [2.45, 2.75) is 0 Å². The lowest BCUT2D eigenvalue weighted by atomic mass is 10.2. The Morgan fingerprint density at radius 2 is 2.21 bits per heavy atom. The molecule has 1 aromatic carbocycles. The van der Waals surface area contributed by atoms with Crippen LogP contribution in [0.5, 0.6) is 0 Å². The molecule has 0 spiro atoms. The van der Waals surface area contributed by atoms with Gasteiger partial charge in [0.05, 0.1) is 11.0 Å². The number of H-pyrrole nitrogens is 1. The summed E-state index contributed by atoms with van der Waals surface area (Å²) in [7, 11) is 1.67. The van der Waals surface area contributed by atoms with E-state index in [0.717, 1.165) is 11.8 Å². The second-order valence-electron chi connectivity index (χ2n) is 3.00. The van der Waals surface area contributed by atoms with Crippen LogP contribution in [0.3, 0.4) is 0 Å². The highest BCUT2D eigenvalue weighted by atomic mass is 79.9. The summed E-state index contributed by atoms with van der Waals surface area (Å²) in [5.74, 6) is 0. The molecule has 0 aliphatic heterocycles. The molecule has 72 valence electrons. The van der Waals surface area contributed by atoms with Gasteiger partial charge in [-0.3, -0.25) is 9.36 Å². The van der Waals surface area contributed by atoms with Crippen LogP contribution in [0, 0.1) is 0 Å². The Morgan fingerprint density at radius 1 is 1.50 bits per heavy atom. The molecule has 0 radical (unpaired) electrons. The fraction of sp³-hybridized carbons (Fsp3) is 0.111. The van der Waals surface area contributed by atoms with Gasteiger partial charge in [0.15, 0.2) is 6.29 Å². The van der Waals surface area contributed by atoms with Crippen molar-refractivity contribution in [1.82, 2.24) is 9.55 Å². The van der Waals surface area contributed by atoms with Gasteiger partial charge in [0.25, 0.3) is 0 Å². The molecule has 1 aromatic heterocycles. The summed E-state index contributed by atoms with van der Waals surface area (Å²) in [5.41, 5.74) is 1.78. The zero-order valence-corrected chi connectivity index (χ0v) is 8.96. The third-order valence-electron chi connectivity index (χ3n) is 2.15. The molecule has 0 fully saturated rings. The van der Waals surface area contributed by atoms with E-state index in [1.54, 1.807) is 19.2 Å². The molecule has 0 aliphatic carbocycles. The number of carbonyl (C=O) groups excluding carboxylic acids is 1. The van der Waals surface area contributed by atoms with E-state index in [0.29, 0.717) is 15.6 Å². The van der Waals surface area contributed by atoms with E-state index in [1.165, 1.54) is 4.57 Å². The maximum atomic E-state index is 11.3. The standard InChI is InChI=1S/C9H7BrN2O2/c1-12-8-3-6(10)5(4-13)2-7(8)11-9(12)14/h2-4H,1H3,(H,11,14). The number of fused-ring (bicyclic) bond motifs is 1. The number of hydrogen-bond acceptors (Lipinski definition) is 2. The van der Waals surface area contributed by atoms with Crippen LogP contribution in [-0.4, -0.2) is 15.8 Å². The normalized spacial score (nSPS) is 10.7. The molecule has 1 N–H and O–H groups in total. The van der Waals surface area contributed by atoms with Crippen LogP contribution in [0.15, 0.2) is 21.4 Å². The van der Waals surface area contributed by atoms with Gasteiger partial charge in [-0.05, 0) is 28.1 Å². The number of halogens is 1. The van der Waals surface area contributed by atoms with Crippen molar-refractivity contribution in [3.05, 3.63) is 32.7 Å². The number of carbonyl (C=O) groups is 1. The van der Waals surface area contributed by atoms with E-state index < -0.39 is 0 Å². The number of rotatable bonds is 1. The average Bonchev–Trinajstić information content (AvgIpc) is 2.43. The summed E-state index contributed by atoms with van der Waals surface area (Å²) in [5, 5.41) is 0. The summed E-state index contributed by atoms with van der Waals surface area (Å²) in [6.45, 7) is 0. The molecule has 0 atom stereocenters. The van der Waals surface area contributed by atoms with Crippen molar-refractivity contribution in [3.8, 4) is 0 Å². The fourth-order valence-electron chi connectivity index (χ4n) is 1.36. The van der Waals surface area contributed by atoms with Crippen LogP contribution in [-0.2, 0) is 7.05 Å². The molecular formula is C9H7BrN2O2. The van der Waals surface area contributed by atoms with Gasteiger partial charge in [-0.15, -0.1) is 0 Å². The minimum atomic E-state index is -0.185. The van der Waals surface area contributed by atoms with Gasteiger partial charge in [-0.25, -0.2) is 4.79 Å². The number of nitrogens with one attached hydrogen (secondary N) is 1. The largest absolute Gasteiger partial charge is 0.326 e. The summed E-state index contributed by atoms with van der Waals surface area (Å²) in [6.07, 6.45) is 0.745. The Balaban J connectivity index is 2.92. The van der Waals surface area contributed by atoms with E-state index in [9.17, 15) is 9.59 Å². The highest BCUT2D eigenvalue weighted by Crippen LogP contribution is 2.20. The Kier molecular flexibility index (Phi) is 2.03. The maximum absolute atomic E-state index is 11.3. The summed E-state index contributed by atoms with van der Waals surface area (Å²) in [6, 6.07) is 3.39. The number of benzene rings is 1. The Hall–Kier alpha value is -1.36. The van der Waals surface area contributed by atoms with E-state index in [1.807, 2.05) is 0 Å². The first-order valence-corrected chi connectivity index (χ1v) is 4.76. The van der Waals surface area contributed by atoms with Crippen LogP contribution in [0.4, 0.5) is 0 Å². The van der Waals surface area contributed by atoms with Crippen molar-refractivity contribution in [2.24, 2.45) is 7.05 Å². The Morgan fingerprint density at radius 3 is 2.86 bits per heavy atom. The van der Waals surface area contributed by atoms with E-state index in [-0.39, 0.29) is 5.69 Å². The summed E-state index contributed by atoms with van der Waals surface area (Å²) in [4.78, 5) is 24.5. The highest BCUT2D eigenvalue weighted by Gasteiger charge is 2.06. The maximum Gasteiger partial charge on any atom is 0.326 e. The zero-order valence-electron chi connectivity index (χ0n) is 7.37. The number of aldehydes is 1. The van der Waals surface area contributed by atoms with Gasteiger partial charge >= 0.3 is 5.69 Å². The molecule has 0 bridgehead atoms. The molecule has 0 saturated heterocycles. The zero-order chi connectivity index (χ0) is 10.3. The predicted molar refractivity (Wildman–Crippen MR) is 56.6 cm³/mol.